The van der Waals surface area contributed by atoms with Crippen molar-refractivity contribution in [1.82, 2.24) is 15.0 Å². The molecule has 0 aromatic carbocycles. The predicted octanol–water partition coefficient (Wildman–Crippen LogP) is 2.39. The molecule has 4 nitrogen and oxygen atoms in total. The topological polar surface area (TPSA) is 39.9 Å². The molecule has 1 aromatic rings. The summed E-state index contributed by atoms with van der Waals surface area (Å²) < 4.78 is 7.06. The van der Waals surface area contributed by atoms with E-state index >= 15 is 0 Å². The first-order valence-electron chi connectivity index (χ1n) is 5.39. The lowest BCUT2D eigenvalue weighted by Gasteiger charge is -2.01. The van der Waals surface area contributed by atoms with Crippen molar-refractivity contribution in [2.75, 3.05) is 13.2 Å². The van der Waals surface area contributed by atoms with Crippen LogP contribution in [0.15, 0.2) is 6.20 Å². The van der Waals surface area contributed by atoms with Crippen molar-refractivity contribution in [3.05, 3.63) is 11.9 Å². The summed E-state index contributed by atoms with van der Waals surface area (Å²) in [7, 11) is 0. The highest BCUT2D eigenvalue weighted by molar-refractivity contribution is 6.20. The summed E-state index contributed by atoms with van der Waals surface area (Å²) >= 11 is 6.05. The first-order valence-corrected chi connectivity index (χ1v) is 5.83. The second kappa shape index (κ2) is 6.80. The van der Waals surface area contributed by atoms with Crippen molar-refractivity contribution in [2.45, 2.75) is 38.6 Å². The second-order valence-electron chi connectivity index (χ2n) is 3.33. The van der Waals surface area contributed by atoms with Gasteiger partial charge >= 0.3 is 0 Å². The van der Waals surface area contributed by atoms with Gasteiger partial charge in [-0.3, -0.25) is 4.68 Å². The Morgan fingerprint density at radius 2 is 2.33 bits per heavy atom. The highest BCUT2D eigenvalue weighted by Crippen LogP contribution is 2.20. The van der Waals surface area contributed by atoms with Gasteiger partial charge in [0, 0.05) is 26.0 Å². The number of nitrogens with zero attached hydrogens (tertiary/aromatic N) is 3. The lowest BCUT2D eigenvalue weighted by molar-refractivity contribution is 0.140. The largest absolute Gasteiger partial charge is 0.382 e. The minimum atomic E-state index is -0.0226. The number of rotatable bonds is 7. The summed E-state index contributed by atoms with van der Waals surface area (Å²) in [6.45, 7) is 6.39. The number of ether oxygens (including phenoxy) is 1. The SMILES string of the molecule is CCOCCCn1cc(C(Cl)CC)nn1. The van der Waals surface area contributed by atoms with Crippen molar-refractivity contribution in [3.63, 3.8) is 0 Å². The smallest absolute Gasteiger partial charge is 0.100 e. The molecule has 0 aliphatic carbocycles. The van der Waals surface area contributed by atoms with Gasteiger partial charge in [0.25, 0.3) is 0 Å². The molecule has 0 amide bonds. The fourth-order valence-electron chi connectivity index (χ4n) is 1.25. The van der Waals surface area contributed by atoms with Crippen molar-refractivity contribution in [2.24, 2.45) is 0 Å². The molecule has 0 aliphatic rings. The van der Waals surface area contributed by atoms with Gasteiger partial charge < -0.3 is 4.74 Å². The summed E-state index contributed by atoms with van der Waals surface area (Å²) in [5, 5.41) is 8.01. The van der Waals surface area contributed by atoms with Crippen LogP contribution in [0.25, 0.3) is 0 Å². The van der Waals surface area contributed by atoms with Gasteiger partial charge in [0.2, 0.25) is 0 Å². The van der Waals surface area contributed by atoms with Crippen LogP contribution < -0.4 is 0 Å². The monoisotopic (exact) mass is 231 g/mol. The third kappa shape index (κ3) is 4.18. The summed E-state index contributed by atoms with van der Waals surface area (Å²) in [5.74, 6) is 0. The first-order chi connectivity index (χ1) is 7.27. The van der Waals surface area contributed by atoms with Gasteiger partial charge in [-0.2, -0.15) is 0 Å². The van der Waals surface area contributed by atoms with E-state index in [0.717, 1.165) is 38.3 Å². The average Bonchev–Trinajstić information content (AvgIpc) is 2.72. The van der Waals surface area contributed by atoms with E-state index in [1.807, 2.05) is 24.7 Å². The van der Waals surface area contributed by atoms with Crippen molar-refractivity contribution in [1.29, 1.82) is 0 Å². The van der Waals surface area contributed by atoms with E-state index in [4.69, 9.17) is 16.3 Å². The van der Waals surface area contributed by atoms with Crippen molar-refractivity contribution >= 4 is 11.6 Å². The van der Waals surface area contributed by atoms with Crippen LogP contribution >= 0.6 is 11.6 Å². The molecule has 0 spiro atoms. The summed E-state index contributed by atoms with van der Waals surface area (Å²) in [6.07, 6.45) is 3.74. The number of aryl methyl sites for hydroxylation is 1. The number of aromatic nitrogens is 3. The minimum Gasteiger partial charge on any atom is -0.382 e. The molecular weight excluding hydrogens is 214 g/mol. The minimum absolute atomic E-state index is 0.0226. The number of hydrogen-bond acceptors (Lipinski definition) is 3. The summed E-state index contributed by atoms with van der Waals surface area (Å²) in [6, 6.07) is 0. The molecule has 1 aromatic heterocycles. The Bertz CT molecular complexity index is 277. The molecule has 1 rings (SSSR count). The fourth-order valence-corrected chi connectivity index (χ4v) is 1.35. The molecule has 1 unspecified atom stereocenters. The van der Waals surface area contributed by atoms with E-state index in [1.54, 1.807) is 0 Å². The Kier molecular flexibility index (Phi) is 5.65. The molecule has 1 heterocycles. The highest BCUT2D eigenvalue weighted by Gasteiger charge is 2.09. The van der Waals surface area contributed by atoms with Crippen LogP contribution in [0.1, 0.15) is 37.8 Å². The van der Waals surface area contributed by atoms with Crippen molar-refractivity contribution < 1.29 is 4.74 Å². The van der Waals surface area contributed by atoms with Gasteiger partial charge in [-0.1, -0.05) is 12.1 Å². The van der Waals surface area contributed by atoms with Crippen molar-refractivity contribution in [3.8, 4) is 0 Å². The van der Waals surface area contributed by atoms with E-state index in [-0.39, 0.29) is 5.38 Å². The maximum Gasteiger partial charge on any atom is 0.100 e. The van der Waals surface area contributed by atoms with Crippen LogP contribution in [0.2, 0.25) is 0 Å². The van der Waals surface area contributed by atoms with Gasteiger partial charge in [-0.15, -0.1) is 16.7 Å². The highest BCUT2D eigenvalue weighted by atomic mass is 35.5. The second-order valence-corrected chi connectivity index (χ2v) is 3.86. The zero-order valence-electron chi connectivity index (χ0n) is 9.32. The number of halogens is 1. The van der Waals surface area contributed by atoms with Gasteiger partial charge in [0.15, 0.2) is 0 Å². The maximum absolute atomic E-state index is 6.05. The molecule has 0 N–H and O–H groups in total. The zero-order valence-corrected chi connectivity index (χ0v) is 10.1. The number of hydrogen-bond donors (Lipinski definition) is 0. The third-order valence-corrected chi connectivity index (χ3v) is 2.65. The third-order valence-electron chi connectivity index (χ3n) is 2.12. The van der Waals surface area contributed by atoms with Crippen LogP contribution in [0.3, 0.4) is 0 Å². The van der Waals surface area contributed by atoms with E-state index in [0.29, 0.717) is 0 Å². The van der Waals surface area contributed by atoms with Crippen LogP contribution in [0.4, 0.5) is 0 Å². The average molecular weight is 232 g/mol. The molecule has 15 heavy (non-hydrogen) atoms. The molecular formula is C10H18ClN3O. The molecule has 5 heteroatoms. The molecule has 0 saturated heterocycles. The van der Waals surface area contributed by atoms with Gasteiger partial charge in [-0.05, 0) is 19.8 Å². The Hall–Kier alpha value is -0.610. The Morgan fingerprint density at radius 1 is 1.53 bits per heavy atom. The van der Waals surface area contributed by atoms with E-state index in [9.17, 15) is 0 Å². The standard InChI is InChI=1S/C10H18ClN3O/c1-3-9(11)10-8-14(13-12-10)6-5-7-15-4-2/h8-9H,3-7H2,1-2H3. The summed E-state index contributed by atoms with van der Waals surface area (Å²) in [4.78, 5) is 0. The molecule has 0 radical (unpaired) electrons. The first kappa shape index (κ1) is 12.5. The normalized spacial score (nSPS) is 13.0. The number of alkyl halides is 1. The van der Waals surface area contributed by atoms with Crippen LogP contribution in [0.5, 0.6) is 0 Å². The molecule has 0 saturated carbocycles. The molecule has 0 bridgehead atoms. The Labute approximate surface area is 95.6 Å². The fraction of sp³-hybridized carbons (Fsp3) is 0.800. The Morgan fingerprint density at radius 3 is 3.00 bits per heavy atom. The molecule has 1 atom stereocenters. The zero-order chi connectivity index (χ0) is 11.1. The summed E-state index contributed by atoms with van der Waals surface area (Å²) in [5.41, 5.74) is 0.857. The lowest BCUT2D eigenvalue weighted by Crippen LogP contribution is -2.03. The van der Waals surface area contributed by atoms with E-state index < -0.39 is 0 Å². The van der Waals surface area contributed by atoms with E-state index in [2.05, 4.69) is 10.3 Å². The lowest BCUT2D eigenvalue weighted by atomic mass is 10.3. The van der Waals surface area contributed by atoms with Crippen LogP contribution in [-0.2, 0) is 11.3 Å². The van der Waals surface area contributed by atoms with Gasteiger partial charge in [0.05, 0.1) is 5.38 Å². The Balaban J connectivity index is 2.33. The quantitative estimate of drug-likeness (QED) is 0.535. The van der Waals surface area contributed by atoms with Crippen LogP contribution in [-0.4, -0.2) is 28.2 Å². The maximum atomic E-state index is 6.05. The predicted molar refractivity (Wildman–Crippen MR) is 60.0 cm³/mol. The van der Waals surface area contributed by atoms with Crippen LogP contribution in [0, 0.1) is 0 Å². The molecule has 0 aliphatic heterocycles. The molecule has 86 valence electrons. The molecule has 0 fully saturated rings. The van der Waals surface area contributed by atoms with Gasteiger partial charge in [-0.25, -0.2) is 0 Å². The van der Waals surface area contributed by atoms with E-state index in [1.165, 1.54) is 0 Å². The van der Waals surface area contributed by atoms with Gasteiger partial charge in [0.1, 0.15) is 5.69 Å².